The van der Waals surface area contributed by atoms with Crippen molar-refractivity contribution < 1.29 is 23.9 Å². The Balaban J connectivity index is 2.19. The topological polar surface area (TPSA) is 65.1 Å². The van der Waals surface area contributed by atoms with Crippen LogP contribution < -0.4 is 0 Å². The quantitative estimate of drug-likeness (QED) is 0.477. The molecule has 1 rings (SSSR count). The monoisotopic (exact) mass is 217 g/mol. The highest BCUT2D eigenvalue weighted by Gasteiger charge is 2.18. The van der Waals surface area contributed by atoms with Gasteiger partial charge >= 0.3 is 11.9 Å². The van der Waals surface area contributed by atoms with Gasteiger partial charge in [0.2, 0.25) is 0 Å². The van der Waals surface area contributed by atoms with E-state index in [-0.39, 0.29) is 13.0 Å². The number of nitrogens with zero attached hydrogens (tertiary/aromatic N) is 1. The normalized spacial score (nSPS) is 17.1. The lowest BCUT2D eigenvalue weighted by Gasteiger charge is -2.24. The minimum absolute atomic E-state index is 0.268. The summed E-state index contributed by atoms with van der Waals surface area (Å²) in [5, 5.41) is 1.49. The summed E-state index contributed by atoms with van der Waals surface area (Å²) in [5.74, 6) is -1.15. The first-order valence-corrected chi connectivity index (χ1v) is 4.91. The van der Waals surface area contributed by atoms with Gasteiger partial charge in [-0.15, -0.1) is 5.06 Å². The number of morpholine rings is 1. The molecule has 1 aliphatic heterocycles. The molecule has 6 nitrogen and oxygen atoms in total. The molecule has 6 heteroatoms. The lowest BCUT2D eigenvalue weighted by Crippen LogP contribution is -2.38. The average molecular weight is 217 g/mol. The molecule has 0 unspecified atom stereocenters. The molecule has 0 N–H and O–H groups in total. The molecule has 86 valence electrons. The summed E-state index contributed by atoms with van der Waals surface area (Å²) in [5.41, 5.74) is 0. The Bertz CT molecular complexity index is 225. The molecule has 0 spiro atoms. The fraction of sp³-hybridized carbons (Fsp3) is 0.778. The maximum absolute atomic E-state index is 11.2. The molecule has 0 aliphatic carbocycles. The van der Waals surface area contributed by atoms with Crippen LogP contribution in [0.2, 0.25) is 0 Å². The lowest BCUT2D eigenvalue weighted by molar-refractivity contribution is -0.206. The highest BCUT2D eigenvalue weighted by molar-refractivity contribution is 5.91. The summed E-state index contributed by atoms with van der Waals surface area (Å²) >= 11 is 0. The largest absolute Gasteiger partial charge is 0.466 e. The second-order valence-corrected chi connectivity index (χ2v) is 2.99. The summed E-state index contributed by atoms with van der Waals surface area (Å²) in [6, 6.07) is 0. The van der Waals surface area contributed by atoms with Crippen LogP contribution in [-0.2, 0) is 23.9 Å². The number of rotatable bonds is 4. The van der Waals surface area contributed by atoms with Crippen LogP contribution in [0.15, 0.2) is 0 Å². The fourth-order valence-corrected chi connectivity index (χ4v) is 1.14. The molecule has 0 atom stereocenters. The van der Waals surface area contributed by atoms with E-state index < -0.39 is 11.9 Å². The first-order valence-electron chi connectivity index (χ1n) is 4.91. The molecule has 1 fully saturated rings. The summed E-state index contributed by atoms with van der Waals surface area (Å²) in [4.78, 5) is 27.0. The number of carbonyl (C=O) groups is 2. The fourth-order valence-electron chi connectivity index (χ4n) is 1.14. The van der Waals surface area contributed by atoms with E-state index in [1.54, 1.807) is 6.92 Å². The zero-order chi connectivity index (χ0) is 11.1. The van der Waals surface area contributed by atoms with Crippen molar-refractivity contribution in [2.24, 2.45) is 0 Å². The van der Waals surface area contributed by atoms with Crippen LogP contribution in [0.25, 0.3) is 0 Å². The van der Waals surface area contributed by atoms with Gasteiger partial charge in [-0.25, -0.2) is 4.79 Å². The Morgan fingerprint density at radius 1 is 1.27 bits per heavy atom. The molecule has 1 aliphatic rings. The van der Waals surface area contributed by atoms with Gasteiger partial charge in [-0.3, -0.25) is 4.79 Å². The number of hydrogen-bond donors (Lipinski definition) is 0. The molecule has 0 bridgehead atoms. The van der Waals surface area contributed by atoms with Crippen LogP contribution in [0.1, 0.15) is 13.3 Å². The number of esters is 1. The summed E-state index contributed by atoms with van der Waals surface area (Å²) in [6.45, 7) is 4.09. The van der Waals surface area contributed by atoms with Crippen molar-refractivity contribution in [3.05, 3.63) is 0 Å². The zero-order valence-corrected chi connectivity index (χ0v) is 8.73. The Labute approximate surface area is 88.0 Å². The van der Waals surface area contributed by atoms with Gasteiger partial charge in [0.25, 0.3) is 0 Å². The van der Waals surface area contributed by atoms with Crippen molar-refractivity contribution >= 4 is 11.9 Å². The van der Waals surface area contributed by atoms with Crippen molar-refractivity contribution in [1.29, 1.82) is 0 Å². The van der Waals surface area contributed by atoms with Crippen LogP contribution in [0.3, 0.4) is 0 Å². The van der Waals surface area contributed by atoms with Crippen LogP contribution >= 0.6 is 0 Å². The van der Waals surface area contributed by atoms with Crippen molar-refractivity contribution in [3.8, 4) is 0 Å². The Morgan fingerprint density at radius 2 is 1.93 bits per heavy atom. The van der Waals surface area contributed by atoms with Gasteiger partial charge in [0.15, 0.2) is 0 Å². The SMILES string of the molecule is CCOC(=O)CC(=O)ON1CCOCC1. The van der Waals surface area contributed by atoms with Crippen molar-refractivity contribution in [2.75, 3.05) is 32.9 Å². The van der Waals surface area contributed by atoms with Gasteiger partial charge in [0, 0.05) is 0 Å². The lowest BCUT2D eigenvalue weighted by atomic mass is 10.4. The maximum Gasteiger partial charge on any atom is 0.336 e. The standard InChI is InChI=1S/C9H15NO5/c1-2-14-8(11)7-9(12)15-10-3-5-13-6-4-10/h2-7H2,1H3. The van der Waals surface area contributed by atoms with Gasteiger partial charge in [-0.2, -0.15) is 0 Å². The molecule has 0 aromatic carbocycles. The van der Waals surface area contributed by atoms with E-state index in [1.165, 1.54) is 5.06 Å². The van der Waals surface area contributed by atoms with Gasteiger partial charge in [-0.05, 0) is 6.92 Å². The highest BCUT2D eigenvalue weighted by Crippen LogP contribution is 2.00. The number of hydrogen-bond acceptors (Lipinski definition) is 6. The van der Waals surface area contributed by atoms with E-state index in [9.17, 15) is 9.59 Å². The van der Waals surface area contributed by atoms with Gasteiger partial charge < -0.3 is 14.3 Å². The van der Waals surface area contributed by atoms with Crippen LogP contribution in [0, 0.1) is 0 Å². The Kier molecular flexibility index (Phi) is 5.06. The third-order valence-corrected chi connectivity index (χ3v) is 1.79. The van der Waals surface area contributed by atoms with Crippen LogP contribution in [-0.4, -0.2) is 49.9 Å². The number of hydroxylamine groups is 2. The summed E-state index contributed by atoms with van der Waals surface area (Å²) in [7, 11) is 0. The average Bonchev–Trinajstić information content (AvgIpc) is 2.19. The second kappa shape index (κ2) is 6.36. The van der Waals surface area contributed by atoms with Crippen molar-refractivity contribution in [3.63, 3.8) is 0 Å². The van der Waals surface area contributed by atoms with E-state index >= 15 is 0 Å². The van der Waals surface area contributed by atoms with Crippen molar-refractivity contribution in [2.45, 2.75) is 13.3 Å². The molecule has 0 radical (unpaired) electrons. The highest BCUT2D eigenvalue weighted by atomic mass is 16.7. The molecule has 0 aromatic heterocycles. The minimum Gasteiger partial charge on any atom is -0.466 e. The molecule has 0 aromatic rings. The number of ether oxygens (including phenoxy) is 2. The van der Waals surface area contributed by atoms with Gasteiger partial charge in [0.05, 0.1) is 32.9 Å². The van der Waals surface area contributed by atoms with Gasteiger partial charge in [0.1, 0.15) is 6.42 Å². The molecule has 1 heterocycles. The molecule has 15 heavy (non-hydrogen) atoms. The van der Waals surface area contributed by atoms with E-state index in [2.05, 4.69) is 4.74 Å². The molecular formula is C9H15NO5. The molecular weight excluding hydrogens is 202 g/mol. The summed E-state index contributed by atoms with van der Waals surface area (Å²) < 4.78 is 9.70. The maximum atomic E-state index is 11.2. The second-order valence-electron chi connectivity index (χ2n) is 2.99. The molecule has 0 amide bonds. The van der Waals surface area contributed by atoms with Crippen LogP contribution in [0.5, 0.6) is 0 Å². The van der Waals surface area contributed by atoms with E-state index in [4.69, 9.17) is 9.57 Å². The Hall–Kier alpha value is -1.14. The molecule has 1 saturated heterocycles. The smallest absolute Gasteiger partial charge is 0.336 e. The third kappa shape index (κ3) is 4.75. The Morgan fingerprint density at radius 3 is 2.53 bits per heavy atom. The zero-order valence-electron chi connectivity index (χ0n) is 8.73. The van der Waals surface area contributed by atoms with E-state index in [1.807, 2.05) is 0 Å². The first-order chi connectivity index (χ1) is 7.22. The number of carbonyl (C=O) groups excluding carboxylic acids is 2. The first kappa shape index (κ1) is 11.9. The van der Waals surface area contributed by atoms with Crippen LogP contribution in [0.4, 0.5) is 0 Å². The third-order valence-electron chi connectivity index (χ3n) is 1.79. The summed E-state index contributed by atoms with van der Waals surface area (Å²) in [6.07, 6.45) is -0.342. The minimum atomic E-state index is -0.588. The van der Waals surface area contributed by atoms with Crippen molar-refractivity contribution in [1.82, 2.24) is 5.06 Å². The van der Waals surface area contributed by atoms with E-state index in [0.717, 1.165) is 0 Å². The van der Waals surface area contributed by atoms with Gasteiger partial charge in [-0.1, -0.05) is 0 Å². The van der Waals surface area contributed by atoms with E-state index in [0.29, 0.717) is 26.3 Å². The molecule has 0 saturated carbocycles. The predicted octanol–water partition coefficient (Wildman–Crippen LogP) is -0.270. The predicted molar refractivity (Wildman–Crippen MR) is 49.7 cm³/mol.